The molecule has 0 aliphatic carbocycles. The molecule has 0 saturated carbocycles. The van der Waals surface area contributed by atoms with Gasteiger partial charge in [-0.15, -0.1) is 0 Å². The molecule has 0 radical (unpaired) electrons. The van der Waals surface area contributed by atoms with Gasteiger partial charge in [-0.3, -0.25) is 9.36 Å². The van der Waals surface area contributed by atoms with E-state index in [-0.39, 0.29) is 11.0 Å². The Balaban J connectivity index is 1.45. The minimum Gasteiger partial charge on any atom is -0.378 e. The third kappa shape index (κ3) is 4.21. The lowest BCUT2D eigenvalue weighted by Gasteiger charge is -2.33. The summed E-state index contributed by atoms with van der Waals surface area (Å²) in [4.78, 5) is 28.1. The van der Waals surface area contributed by atoms with Crippen molar-refractivity contribution in [1.29, 1.82) is 0 Å². The van der Waals surface area contributed by atoms with Crippen molar-refractivity contribution in [2.45, 2.75) is 52.2 Å². The van der Waals surface area contributed by atoms with Crippen molar-refractivity contribution in [3.8, 4) is 0 Å². The Morgan fingerprint density at radius 1 is 1.17 bits per heavy atom. The first-order valence-corrected chi connectivity index (χ1v) is 10.4. The predicted octanol–water partition coefficient (Wildman–Crippen LogP) is 2.04. The van der Waals surface area contributed by atoms with E-state index in [0.717, 1.165) is 43.1 Å². The van der Waals surface area contributed by atoms with Crippen molar-refractivity contribution in [1.82, 2.24) is 29.1 Å². The fourth-order valence-electron chi connectivity index (χ4n) is 3.89. The van der Waals surface area contributed by atoms with Crippen molar-refractivity contribution in [2.75, 3.05) is 25.1 Å². The molecule has 1 fully saturated rings. The zero-order chi connectivity index (χ0) is 21.3. The maximum absolute atomic E-state index is 12.5. The van der Waals surface area contributed by atoms with E-state index >= 15 is 0 Å². The van der Waals surface area contributed by atoms with Gasteiger partial charge in [-0.05, 0) is 18.8 Å². The number of nitrogens with zero attached hydrogens (tertiary/aromatic N) is 7. The highest BCUT2D eigenvalue weighted by molar-refractivity contribution is 5.47. The Bertz CT molecular complexity index is 1070. The van der Waals surface area contributed by atoms with Crippen molar-refractivity contribution >= 4 is 11.6 Å². The average molecular weight is 412 g/mol. The molecular weight excluding hydrogens is 382 g/mol. The maximum Gasteiger partial charge on any atom is 0.254 e. The van der Waals surface area contributed by atoms with Gasteiger partial charge in [0.25, 0.3) is 11.3 Å². The van der Waals surface area contributed by atoms with Crippen molar-refractivity contribution in [3.63, 3.8) is 0 Å². The molecule has 1 saturated heterocycles. The van der Waals surface area contributed by atoms with E-state index in [4.69, 9.17) is 4.74 Å². The predicted molar refractivity (Wildman–Crippen MR) is 114 cm³/mol. The maximum atomic E-state index is 12.5. The fraction of sp³-hybridized carbons (Fsp3) is 0.571. The van der Waals surface area contributed by atoms with E-state index in [1.165, 1.54) is 6.33 Å². The summed E-state index contributed by atoms with van der Waals surface area (Å²) in [5.41, 5.74) is 1.58. The first kappa shape index (κ1) is 20.5. The second-order valence-corrected chi connectivity index (χ2v) is 8.96. The quantitative estimate of drug-likeness (QED) is 0.634. The normalized spacial score (nSPS) is 15.8. The molecule has 4 rings (SSSR count). The molecule has 0 unspecified atom stereocenters. The van der Waals surface area contributed by atoms with Crippen LogP contribution in [0.2, 0.25) is 0 Å². The molecule has 4 heterocycles. The molecule has 0 bridgehead atoms. The molecule has 9 heteroatoms. The minimum atomic E-state index is -0.123. The molecule has 9 nitrogen and oxygen atoms in total. The van der Waals surface area contributed by atoms with E-state index < -0.39 is 0 Å². The number of hydrogen-bond donors (Lipinski definition) is 0. The minimum absolute atomic E-state index is 0.0278. The molecule has 30 heavy (non-hydrogen) atoms. The number of ether oxygens (including phenoxy) is 1. The van der Waals surface area contributed by atoms with Crippen LogP contribution in [0, 0.1) is 5.92 Å². The van der Waals surface area contributed by atoms with Gasteiger partial charge in [0.05, 0.1) is 24.3 Å². The Morgan fingerprint density at radius 3 is 2.60 bits per heavy atom. The molecule has 160 valence electrons. The Kier molecular flexibility index (Phi) is 5.55. The zero-order valence-electron chi connectivity index (χ0n) is 18.1. The number of piperidine rings is 1. The van der Waals surface area contributed by atoms with E-state index in [9.17, 15) is 4.79 Å². The molecule has 1 aliphatic rings. The smallest absolute Gasteiger partial charge is 0.254 e. The van der Waals surface area contributed by atoms with Gasteiger partial charge in [-0.2, -0.15) is 14.6 Å². The number of fused-ring (bicyclic) bond motifs is 1. The van der Waals surface area contributed by atoms with Gasteiger partial charge < -0.3 is 9.64 Å². The van der Waals surface area contributed by atoms with Crippen molar-refractivity contribution < 1.29 is 4.74 Å². The largest absolute Gasteiger partial charge is 0.378 e. The van der Waals surface area contributed by atoms with Gasteiger partial charge >= 0.3 is 0 Å². The third-order valence-corrected chi connectivity index (χ3v) is 5.62. The van der Waals surface area contributed by atoms with Gasteiger partial charge in [0.2, 0.25) is 0 Å². The van der Waals surface area contributed by atoms with Crippen LogP contribution in [0.3, 0.4) is 0 Å². The summed E-state index contributed by atoms with van der Waals surface area (Å²) in [6.45, 7) is 9.12. The van der Waals surface area contributed by atoms with Crippen LogP contribution in [0.4, 0.5) is 5.82 Å². The molecule has 0 N–H and O–H groups in total. The summed E-state index contributed by atoms with van der Waals surface area (Å²) in [6.07, 6.45) is 5.21. The topological polar surface area (TPSA) is 90.4 Å². The number of anilines is 1. The Labute approximate surface area is 175 Å². The molecule has 0 aromatic carbocycles. The summed E-state index contributed by atoms with van der Waals surface area (Å²) < 4.78 is 8.76. The lowest BCUT2D eigenvalue weighted by molar-refractivity contribution is 0.181. The van der Waals surface area contributed by atoms with E-state index in [2.05, 4.69) is 45.7 Å². The SMILES string of the molecule is COCc1cc(N2CCC(Cn3cnc(C(C)(C)C)cc3=O)CC2)n2ncnc2n1. The number of hydrogen-bond acceptors (Lipinski definition) is 7. The van der Waals surface area contributed by atoms with Crippen LogP contribution in [0.25, 0.3) is 5.78 Å². The molecule has 3 aromatic rings. The number of rotatable bonds is 5. The van der Waals surface area contributed by atoms with Crippen LogP contribution in [0.1, 0.15) is 45.0 Å². The molecule has 0 spiro atoms. The van der Waals surface area contributed by atoms with Crippen LogP contribution >= 0.6 is 0 Å². The Hall–Kier alpha value is -2.81. The lowest BCUT2D eigenvalue weighted by Crippen LogP contribution is -2.37. The first-order chi connectivity index (χ1) is 14.3. The number of aromatic nitrogens is 6. The van der Waals surface area contributed by atoms with E-state index in [1.54, 1.807) is 28.6 Å². The highest BCUT2D eigenvalue weighted by atomic mass is 16.5. The lowest BCUT2D eigenvalue weighted by atomic mass is 9.92. The van der Waals surface area contributed by atoms with Gasteiger partial charge in [0, 0.05) is 44.3 Å². The summed E-state index contributed by atoms with van der Waals surface area (Å²) in [6, 6.07) is 3.69. The van der Waals surface area contributed by atoms with Crippen molar-refractivity contribution in [3.05, 3.63) is 46.5 Å². The standard InChI is InChI=1S/C21H29N7O2/c1-21(2,3)17-10-19(29)27(14-23-17)11-15-5-7-26(8-6-15)18-9-16(12-30-4)25-20-22-13-24-28(18)20/h9-10,13-15H,5-8,11-12H2,1-4H3. The summed E-state index contributed by atoms with van der Waals surface area (Å²) in [7, 11) is 1.66. The van der Waals surface area contributed by atoms with Crippen LogP contribution in [-0.2, 0) is 23.3 Å². The van der Waals surface area contributed by atoms with E-state index in [1.807, 2.05) is 6.07 Å². The van der Waals surface area contributed by atoms with Crippen LogP contribution in [-0.4, -0.2) is 49.3 Å². The van der Waals surface area contributed by atoms with Gasteiger partial charge in [0.15, 0.2) is 0 Å². The second kappa shape index (κ2) is 8.14. The number of methoxy groups -OCH3 is 1. The first-order valence-electron chi connectivity index (χ1n) is 10.4. The molecule has 0 atom stereocenters. The molecule has 3 aromatic heterocycles. The summed E-state index contributed by atoms with van der Waals surface area (Å²) in [5.74, 6) is 2.00. The van der Waals surface area contributed by atoms with Gasteiger partial charge in [-0.1, -0.05) is 20.8 Å². The highest BCUT2D eigenvalue weighted by Crippen LogP contribution is 2.25. The molecule has 1 aliphatic heterocycles. The van der Waals surface area contributed by atoms with E-state index in [0.29, 0.717) is 24.8 Å². The zero-order valence-corrected chi connectivity index (χ0v) is 18.1. The van der Waals surface area contributed by atoms with Gasteiger partial charge in [-0.25, -0.2) is 9.97 Å². The highest BCUT2D eigenvalue weighted by Gasteiger charge is 2.23. The third-order valence-electron chi connectivity index (χ3n) is 5.62. The second-order valence-electron chi connectivity index (χ2n) is 8.96. The Morgan fingerprint density at radius 2 is 1.93 bits per heavy atom. The van der Waals surface area contributed by atoms with Crippen LogP contribution < -0.4 is 10.5 Å². The summed E-state index contributed by atoms with van der Waals surface area (Å²) in [5, 5.41) is 4.33. The average Bonchev–Trinajstić information content (AvgIpc) is 3.18. The van der Waals surface area contributed by atoms with Crippen LogP contribution in [0.15, 0.2) is 29.6 Å². The van der Waals surface area contributed by atoms with Crippen molar-refractivity contribution in [2.24, 2.45) is 5.92 Å². The molecular formula is C21H29N7O2. The van der Waals surface area contributed by atoms with Gasteiger partial charge in [0.1, 0.15) is 12.1 Å². The van der Waals surface area contributed by atoms with Crippen LogP contribution in [0.5, 0.6) is 0 Å². The summed E-state index contributed by atoms with van der Waals surface area (Å²) >= 11 is 0. The fourth-order valence-corrected chi connectivity index (χ4v) is 3.89. The monoisotopic (exact) mass is 411 g/mol. The molecule has 0 amide bonds.